The normalized spacial score (nSPS) is 16.4. The van der Waals surface area contributed by atoms with Crippen LogP contribution in [0.1, 0.15) is 34.9 Å². The molecule has 1 atom stereocenters. The minimum absolute atomic E-state index is 0.0822. The van der Waals surface area contributed by atoms with Crippen LogP contribution in [0.2, 0.25) is 0 Å². The van der Waals surface area contributed by atoms with E-state index in [1.807, 2.05) is 19.9 Å². The summed E-state index contributed by atoms with van der Waals surface area (Å²) in [6.07, 6.45) is 0.833. The fourth-order valence-electron chi connectivity index (χ4n) is 3.08. The number of hydrogen-bond donors (Lipinski definition) is 1. The Kier molecular flexibility index (Phi) is 3.90. The molecule has 0 aliphatic carbocycles. The maximum atomic E-state index is 12.6. The van der Waals surface area contributed by atoms with Crippen molar-refractivity contribution >= 4 is 17.6 Å². The van der Waals surface area contributed by atoms with Gasteiger partial charge >= 0.3 is 5.97 Å². The van der Waals surface area contributed by atoms with Gasteiger partial charge < -0.3 is 14.5 Å². The molecule has 1 amide bonds. The molecule has 3 rings (SSSR count). The number of hydrogen-bond acceptors (Lipinski definition) is 4. The van der Waals surface area contributed by atoms with Crippen LogP contribution in [0.25, 0.3) is 0 Å². The molecule has 120 valence electrons. The summed E-state index contributed by atoms with van der Waals surface area (Å²) >= 11 is 0. The number of rotatable bonds is 4. The minimum atomic E-state index is -0.904. The van der Waals surface area contributed by atoms with Gasteiger partial charge in [-0.3, -0.25) is 9.59 Å². The van der Waals surface area contributed by atoms with Crippen molar-refractivity contribution in [3.63, 3.8) is 0 Å². The molecule has 0 radical (unpaired) electrons. The van der Waals surface area contributed by atoms with Crippen LogP contribution in [-0.2, 0) is 16.0 Å². The largest absolute Gasteiger partial charge is 0.481 e. The molecule has 0 saturated carbocycles. The number of aliphatic carboxylic acids is 1. The first-order valence-electron chi connectivity index (χ1n) is 7.53. The van der Waals surface area contributed by atoms with Crippen LogP contribution in [0, 0.1) is 13.8 Å². The molecule has 2 heterocycles. The molecule has 23 heavy (non-hydrogen) atoms. The first-order valence-corrected chi connectivity index (χ1v) is 7.53. The van der Waals surface area contributed by atoms with Gasteiger partial charge in [0.05, 0.1) is 5.69 Å². The van der Waals surface area contributed by atoms with Gasteiger partial charge in [-0.25, -0.2) is 0 Å². The number of carbonyl (C=O) groups is 2. The molecule has 1 unspecified atom stereocenters. The quantitative estimate of drug-likeness (QED) is 0.937. The van der Waals surface area contributed by atoms with Gasteiger partial charge in [-0.15, -0.1) is 0 Å². The summed E-state index contributed by atoms with van der Waals surface area (Å²) in [6, 6.07) is 7.19. The molecule has 2 aromatic rings. The van der Waals surface area contributed by atoms with Crippen LogP contribution in [0.3, 0.4) is 0 Å². The molecule has 6 heteroatoms. The summed E-state index contributed by atoms with van der Waals surface area (Å²) in [5.74, 6) is -0.922. The maximum Gasteiger partial charge on any atom is 0.312 e. The second-order valence-electron chi connectivity index (χ2n) is 5.76. The topological polar surface area (TPSA) is 83.6 Å². The smallest absolute Gasteiger partial charge is 0.312 e. The maximum absolute atomic E-state index is 12.6. The van der Waals surface area contributed by atoms with Crippen LogP contribution >= 0.6 is 0 Å². The van der Waals surface area contributed by atoms with Crippen molar-refractivity contribution in [1.29, 1.82) is 0 Å². The lowest BCUT2D eigenvalue weighted by Gasteiger charge is -2.17. The number of para-hydroxylation sites is 1. The molecule has 1 aromatic heterocycles. The number of carbonyl (C=O) groups excluding carboxylic acids is 1. The van der Waals surface area contributed by atoms with E-state index in [0.29, 0.717) is 24.1 Å². The van der Waals surface area contributed by atoms with E-state index < -0.39 is 11.9 Å². The summed E-state index contributed by atoms with van der Waals surface area (Å²) in [7, 11) is 0. The van der Waals surface area contributed by atoms with Gasteiger partial charge in [-0.1, -0.05) is 23.4 Å². The second-order valence-corrected chi connectivity index (χ2v) is 5.76. The molecule has 0 bridgehead atoms. The van der Waals surface area contributed by atoms with Gasteiger partial charge in [0.1, 0.15) is 11.7 Å². The number of benzene rings is 1. The standard InChI is InChI=1S/C17H18N2O4/c1-10-12(11(2)23-18-10)7-8-16(20)19-9-14(17(21)22)13-5-3-4-6-15(13)19/h3-6,14H,7-9H2,1-2H3,(H,21,22). The summed E-state index contributed by atoms with van der Waals surface area (Å²) < 4.78 is 5.11. The molecule has 0 fully saturated rings. The van der Waals surface area contributed by atoms with Crippen molar-refractivity contribution in [2.75, 3.05) is 11.4 Å². The average Bonchev–Trinajstić information content (AvgIpc) is 3.06. The second kappa shape index (κ2) is 5.87. The predicted molar refractivity (Wildman–Crippen MR) is 83.5 cm³/mol. The number of aromatic nitrogens is 1. The van der Waals surface area contributed by atoms with Crippen molar-refractivity contribution in [3.8, 4) is 0 Å². The van der Waals surface area contributed by atoms with Crippen LogP contribution in [0.4, 0.5) is 5.69 Å². The molecule has 6 nitrogen and oxygen atoms in total. The molecule has 0 spiro atoms. The highest BCUT2D eigenvalue weighted by atomic mass is 16.5. The first kappa shape index (κ1) is 15.3. The highest BCUT2D eigenvalue weighted by Crippen LogP contribution is 2.36. The number of carboxylic acid groups (broad SMARTS) is 1. The fraction of sp³-hybridized carbons (Fsp3) is 0.353. The fourth-order valence-corrected chi connectivity index (χ4v) is 3.08. The third-order valence-corrected chi connectivity index (χ3v) is 4.34. The lowest BCUT2D eigenvalue weighted by Crippen LogP contribution is -2.31. The third kappa shape index (κ3) is 2.72. The molecule has 0 saturated heterocycles. The van der Waals surface area contributed by atoms with Gasteiger partial charge in [-0.2, -0.15) is 0 Å². The van der Waals surface area contributed by atoms with Crippen LogP contribution in [-0.4, -0.2) is 28.7 Å². The zero-order valence-corrected chi connectivity index (χ0v) is 13.1. The number of anilines is 1. The molecule has 1 N–H and O–H groups in total. The van der Waals surface area contributed by atoms with E-state index in [9.17, 15) is 14.7 Å². The average molecular weight is 314 g/mol. The number of fused-ring (bicyclic) bond motifs is 1. The van der Waals surface area contributed by atoms with E-state index in [1.165, 1.54) is 0 Å². The Balaban J connectivity index is 1.77. The van der Waals surface area contributed by atoms with Crippen molar-refractivity contribution < 1.29 is 19.2 Å². The van der Waals surface area contributed by atoms with Crippen molar-refractivity contribution in [3.05, 3.63) is 46.8 Å². The zero-order valence-electron chi connectivity index (χ0n) is 13.1. The van der Waals surface area contributed by atoms with Gasteiger partial charge in [0.15, 0.2) is 0 Å². The van der Waals surface area contributed by atoms with Crippen molar-refractivity contribution in [2.45, 2.75) is 32.6 Å². The third-order valence-electron chi connectivity index (χ3n) is 4.34. The molecule has 1 aliphatic rings. The minimum Gasteiger partial charge on any atom is -0.481 e. The number of aryl methyl sites for hydroxylation is 2. The van der Waals surface area contributed by atoms with E-state index in [0.717, 1.165) is 17.0 Å². The summed E-state index contributed by atoms with van der Waals surface area (Å²) in [6.45, 7) is 3.86. The number of amides is 1. The Bertz CT molecular complexity index is 746. The lowest BCUT2D eigenvalue weighted by atomic mass is 10.0. The van der Waals surface area contributed by atoms with Gasteiger partial charge in [-0.05, 0) is 31.9 Å². The predicted octanol–water partition coefficient (Wildman–Crippen LogP) is 2.44. The molecular weight excluding hydrogens is 296 g/mol. The molecule has 1 aromatic carbocycles. The van der Waals surface area contributed by atoms with E-state index in [-0.39, 0.29) is 12.5 Å². The summed E-state index contributed by atoms with van der Waals surface area (Å²) in [5, 5.41) is 13.2. The van der Waals surface area contributed by atoms with Gasteiger partial charge in [0, 0.05) is 24.2 Å². The highest BCUT2D eigenvalue weighted by molar-refractivity contribution is 5.99. The van der Waals surface area contributed by atoms with E-state index >= 15 is 0 Å². The SMILES string of the molecule is Cc1noc(C)c1CCC(=O)N1CC(C(=O)O)c2ccccc21. The van der Waals surface area contributed by atoms with Gasteiger partial charge in [0.25, 0.3) is 0 Å². The van der Waals surface area contributed by atoms with Crippen LogP contribution < -0.4 is 4.90 Å². The first-order chi connectivity index (χ1) is 11.0. The van der Waals surface area contributed by atoms with Crippen molar-refractivity contribution in [1.82, 2.24) is 5.16 Å². The summed E-state index contributed by atoms with van der Waals surface area (Å²) in [4.78, 5) is 25.6. The lowest BCUT2D eigenvalue weighted by molar-refractivity contribution is -0.138. The summed E-state index contributed by atoms with van der Waals surface area (Å²) in [5.41, 5.74) is 3.13. The van der Waals surface area contributed by atoms with E-state index in [2.05, 4.69) is 5.16 Å². The monoisotopic (exact) mass is 314 g/mol. The Hall–Kier alpha value is -2.63. The highest BCUT2D eigenvalue weighted by Gasteiger charge is 2.36. The Morgan fingerprint density at radius 2 is 2.09 bits per heavy atom. The van der Waals surface area contributed by atoms with E-state index in [4.69, 9.17) is 4.52 Å². The number of nitrogens with zero attached hydrogens (tertiary/aromatic N) is 2. The van der Waals surface area contributed by atoms with E-state index in [1.54, 1.807) is 23.1 Å². The molecule has 1 aliphatic heterocycles. The Morgan fingerprint density at radius 1 is 1.35 bits per heavy atom. The van der Waals surface area contributed by atoms with Gasteiger partial charge in [0.2, 0.25) is 5.91 Å². The Labute approximate surface area is 133 Å². The number of carboxylic acids is 1. The van der Waals surface area contributed by atoms with Crippen LogP contribution in [0.5, 0.6) is 0 Å². The van der Waals surface area contributed by atoms with Crippen molar-refractivity contribution in [2.24, 2.45) is 0 Å². The zero-order chi connectivity index (χ0) is 16.6. The molecular formula is C17H18N2O4. The Morgan fingerprint density at radius 3 is 2.74 bits per heavy atom. The van der Waals surface area contributed by atoms with Crippen LogP contribution in [0.15, 0.2) is 28.8 Å².